The van der Waals surface area contributed by atoms with Crippen molar-refractivity contribution in [2.45, 2.75) is 90.7 Å². The zero-order chi connectivity index (χ0) is 22.7. The van der Waals surface area contributed by atoms with Crippen molar-refractivity contribution in [3.63, 3.8) is 0 Å². The third kappa shape index (κ3) is 4.87. The highest BCUT2D eigenvalue weighted by Crippen LogP contribution is 2.37. The lowest BCUT2D eigenvalue weighted by molar-refractivity contribution is -0.140. The number of ether oxygens (including phenoxy) is 1. The van der Waals surface area contributed by atoms with E-state index in [1.165, 1.54) is 25.7 Å². The fourth-order valence-corrected chi connectivity index (χ4v) is 5.48. The Labute approximate surface area is 192 Å². The van der Waals surface area contributed by atoms with Crippen molar-refractivity contribution >= 4 is 17.4 Å². The van der Waals surface area contributed by atoms with E-state index in [1.54, 1.807) is 4.90 Å². The third-order valence-corrected chi connectivity index (χ3v) is 7.02. The number of piperidine rings is 1. The first-order chi connectivity index (χ1) is 15.5. The molecule has 0 N–H and O–H groups in total. The largest absolute Gasteiger partial charge is 0.491 e. The number of carbonyl (C=O) groups excluding carboxylic acids is 2. The normalized spacial score (nSPS) is 23.7. The van der Waals surface area contributed by atoms with Gasteiger partial charge in [-0.3, -0.25) is 14.5 Å². The fourth-order valence-electron chi connectivity index (χ4n) is 5.48. The molecule has 0 spiro atoms. The SMILES string of the molecule is CC1CCCN(C2=C(c3ccc(OC(C)C)cc3)C(=O)N(C3CCCCCCC3)C2=O)C1. The van der Waals surface area contributed by atoms with E-state index in [4.69, 9.17) is 4.74 Å². The average molecular weight is 439 g/mol. The Kier molecular flexibility index (Phi) is 7.22. The molecule has 1 saturated carbocycles. The number of hydrogen-bond donors (Lipinski definition) is 0. The van der Waals surface area contributed by atoms with Gasteiger partial charge in [-0.05, 0) is 63.1 Å². The van der Waals surface area contributed by atoms with Crippen molar-refractivity contribution in [2.75, 3.05) is 13.1 Å². The molecule has 1 saturated heterocycles. The number of hydrogen-bond acceptors (Lipinski definition) is 4. The molecule has 2 aliphatic heterocycles. The Bertz CT molecular complexity index is 850. The van der Waals surface area contributed by atoms with Gasteiger partial charge in [0.25, 0.3) is 11.8 Å². The molecule has 5 nitrogen and oxygen atoms in total. The zero-order valence-electron chi connectivity index (χ0n) is 19.9. The molecule has 3 aliphatic rings. The number of benzene rings is 1. The molecule has 4 rings (SSSR count). The summed E-state index contributed by atoms with van der Waals surface area (Å²) >= 11 is 0. The Morgan fingerprint density at radius 3 is 2.16 bits per heavy atom. The minimum absolute atomic E-state index is 0.0218. The molecule has 5 heteroatoms. The Balaban J connectivity index is 1.69. The first kappa shape index (κ1) is 22.9. The topological polar surface area (TPSA) is 49.9 Å². The van der Waals surface area contributed by atoms with Crippen LogP contribution in [0.4, 0.5) is 0 Å². The van der Waals surface area contributed by atoms with Crippen molar-refractivity contribution < 1.29 is 14.3 Å². The van der Waals surface area contributed by atoms with E-state index in [0.717, 1.165) is 56.5 Å². The highest BCUT2D eigenvalue weighted by atomic mass is 16.5. The summed E-state index contributed by atoms with van der Waals surface area (Å²) in [5.41, 5.74) is 2.03. The number of rotatable bonds is 5. The van der Waals surface area contributed by atoms with Crippen LogP contribution in [0.5, 0.6) is 5.75 Å². The van der Waals surface area contributed by atoms with Crippen molar-refractivity contribution in [2.24, 2.45) is 5.92 Å². The van der Waals surface area contributed by atoms with Gasteiger partial charge in [-0.25, -0.2) is 0 Å². The number of amides is 2. The first-order valence-electron chi connectivity index (χ1n) is 12.6. The van der Waals surface area contributed by atoms with Gasteiger partial charge in [0.1, 0.15) is 11.4 Å². The van der Waals surface area contributed by atoms with E-state index in [-0.39, 0.29) is 24.0 Å². The van der Waals surface area contributed by atoms with Crippen LogP contribution in [-0.4, -0.2) is 46.8 Å². The van der Waals surface area contributed by atoms with Gasteiger partial charge in [0, 0.05) is 19.1 Å². The monoisotopic (exact) mass is 438 g/mol. The molecule has 174 valence electrons. The van der Waals surface area contributed by atoms with Gasteiger partial charge in [-0.1, -0.05) is 51.2 Å². The predicted octanol–water partition coefficient (Wildman–Crippen LogP) is 5.40. The second-order valence-electron chi connectivity index (χ2n) is 10.1. The quantitative estimate of drug-likeness (QED) is 0.578. The third-order valence-electron chi connectivity index (χ3n) is 7.02. The van der Waals surface area contributed by atoms with Gasteiger partial charge in [0.05, 0.1) is 11.7 Å². The molecule has 1 aromatic rings. The van der Waals surface area contributed by atoms with Gasteiger partial charge >= 0.3 is 0 Å². The second-order valence-corrected chi connectivity index (χ2v) is 10.1. The highest BCUT2D eigenvalue weighted by molar-refractivity contribution is 6.35. The van der Waals surface area contributed by atoms with Crippen LogP contribution in [0.2, 0.25) is 0 Å². The lowest BCUT2D eigenvalue weighted by Crippen LogP contribution is -2.44. The smallest absolute Gasteiger partial charge is 0.278 e. The molecule has 2 fully saturated rings. The summed E-state index contributed by atoms with van der Waals surface area (Å²) in [6.07, 6.45) is 10.0. The number of likely N-dealkylation sites (tertiary alicyclic amines) is 1. The zero-order valence-corrected chi connectivity index (χ0v) is 19.9. The van der Waals surface area contributed by atoms with Crippen molar-refractivity contribution in [1.29, 1.82) is 0 Å². The minimum atomic E-state index is -0.105. The molecule has 2 heterocycles. The molecule has 0 bridgehead atoms. The number of nitrogens with zero attached hydrogens (tertiary/aromatic N) is 2. The molecule has 1 atom stereocenters. The molecule has 0 aromatic heterocycles. The second kappa shape index (κ2) is 10.1. The molecular weight excluding hydrogens is 400 g/mol. The van der Waals surface area contributed by atoms with Crippen molar-refractivity contribution in [3.05, 3.63) is 35.5 Å². The Morgan fingerprint density at radius 1 is 0.875 bits per heavy atom. The minimum Gasteiger partial charge on any atom is -0.491 e. The van der Waals surface area contributed by atoms with E-state index >= 15 is 0 Å². The molecule has 0 radical (unpaired) electrons. The maximum Gasteiger partial charge on any atom is 0.278 e. The number of carbonyl (C=O) groups is 2. The fraction of sp³-hybridized carbons (Fsp3) is 0.630. The molecule has 32 heavy (non-hydrogen) atoms. The van der Waals surface area contributed by atoms with E-state index in [2.05, 4.69) is 11.8 Å². The summed E-state index contributed by atoms with van der Waals surface area (Å²) in [6.45, 7) is 7.91. The standard InChI is InChI=1S/C27H38N2O3/c1-19(2)32-23-15-13-21(14-16-23)24-25(28-17-9-10-20(3)18-28)27(31)29(26(24)30)22-11-7-5-4-6-8-12-22/h13-16,19-20,22H,4-12,17-18H2,1-3H3. The maximum atomic E-state index is 13.8. The lowest BCUT2D eigenvalue weighted by atomic mass is 9.95. The molecule has 1 aromatic carbocycles. The highest BCUT2D eigenvalue weighted by Gasteiger charge is 2.45. The van der Waals surface area contributed by atoms with Crippen LogP contribution in [0.15, 0.2) is 30.0 Å². The van der Waals surface area contributed by atoms with Crippen LogP contribution in [0, 0.1) is 5.92 Å². The first-order valence-corrected chi connectivity index (χ1v) is 12.6. The van der Waals surface area contributed by atoms with E-state index in [0.29, 0.717) is 17.2 Å². The van der Waals surface area contributed by atoms with Gasteiger partial charge < -0.3 is 9.64 Å². The van der Waals surface area contributed by atoms with Gasteiger partial charge in [-0.15, -0.1) is 0 Å². The summed E-state index contributed by atoms with van der Waals surface area (Å²) in [5.74, 6) is 1.13. The molecule has 2 amide bonds. The molecular formula is C27H38N2O3. The maximum absolute atomic E-state index is 13.8. The summed E-state index contributed by atoms with van der Waals surface area (Å²) in [6, 6.07) is 7.72. The van der Waals surface area contributed by atoms with Crippen molar-refractivity contribution in [1.82, 2.24) is 9.80 Å². The van der Waals surface area contributed by atoms with Crippen LogP contribution >= 0.6 is 0 Å². The van der Waals surface area contributed by atoms with Crippen molar-refractivity contribution in [3.8, 4) is 5.75 Å². The molecule has 1 aliphatic carbocycles. The van der Waals surface area contributed by atoms with Gasteiger partial charge in [0.15, 0.2) is 0 Å². The van der Waals surface area contributed by atoms with Crippen LogP contribution < -0.4 is 4.74 Å². The lowest BCUT2D eigenvalue weighted by Gasteiger charge is -2.34. The molecule has 1 unspecified atom stereocenters. The van der Waals surface area contributed by atoms with E-state index in [1.807, 2.05) is 38.1 Å². The Morgan fingerprint density at radius 2 is 1.53 bits per heavy atom. The predicted molar refractivity (Wildman–Crippen MR) is 127 cm³/mol. The van der Waals surface area contributed by atoms with Crippen LogP contribution in [-0.2, 0) is 9.59 Å². The van der Waals surface area contributed by atoms with Crippen LogP contribution in [0.25, 0.3) is 5.57 Å². The summed E-state index contributed by atoms with van der Waals surface area (Å²) < 4.78 is 5.79. The van der Waals surface area contributed by atoms with E-state index in [9.17, 15) is 9.59 Å². The van der Waals surface area contributed by atoms with Crippen LogP contribution in [0.1, 0.15) is 84.1 Å². The van der Waals surface area contributed by atoms with Gasteiger partial charge in [-0.2, -0.15) is 0 Å². The van der Waals surface area contributed by atoms with Crippen LogP contribution in [0.3, 0.4) is 0 Å². The summed E-state index contributed by atoms with van der Waals surface area (Å²) in [5, 5.41) is 0. The summed E-state index contributed by atoms with van der Waals surface area (Å²) in [7, 11) is 0. The van der Waals surface area contributed by atoms with Gasteiger partial charge in [0.2, 0.25) is 0 Å². The summed E-state index contributed by atoms with van der Waals surface area (Å²) in [4.78, 5) is 31.4. The van der Waals surface area contributed by atoms with E-state index < -0.39 is 0 Å². The number of imide groups is 1. The average Bonchev–Trinajstić information content (AvgIpc) is 2.99. The Hall–Kier alpha value is -2.30.